The third kappa shape index (κ3) is 7.94. The number of benzene rings is 2. The maximum absolute atomic E-state index is 11.4. The Morgan fingerprint density at radius 2 is 1.33 bits per heavy atom. The summed E-state index contributed by atoms with van der Waals surface area (Å²) in [6.45, 7) is 0. The second-order valence-electron chi connectivity index (χ2n) is 4.28. The van der Waals surface area contributed by atoms with Crippen molar-refractivity contribution in [1.29, 1.82) is 5.26 Å². The molecule has 0 amide bonds. The van der Waals surface area contributed by atoms with Crippen LogP contribution in [0.1, 0.15) is 15.9 Å². The van der Waals surface area contributed by atoms with Crippen molar-refractivity contribution >= 4 is 63.7 Å². The zero-order valence-corrected chi connectivity index (χ0v) is 19.7. The van der Waals surface area contributed by atoms with Crippen LogP contribution in [0.3, 0.4) is 0 Å². The molecule has 0 atom stereocenters. The van der Waals surface area contributed by atoms with E-state index in [-0.39, 0.29) is 60.8 Å². The summed E-state index contributed by atoms with van der Waals surface area (Å²) in [4.78, 5) is 11.4. The number of nitrogens with two attached hydrogens (primary N) is 2. The molecule has 0 unspecified atom stereocenters. The van der Waals surface area contributed by atoms with Crippen molar-refractivity contribution in [2.75, 3.05) is 25.7 Å². The van der Waals surface area contributed by atoms with E-state index >= 15 is 0 Å². The largest absolute Gasteiger partial charge is 1.00 e. The van der Waals surface area contributed by atoms with Gasteiger partial charge in [0.1, 0.15) is 6.07 Å². The Morgan fingerprint density at radius 3 is 1.67 bits per heavy atom. The molecule has 11 heteroatoms. The molecule has 0 aliphatic carbocycles. The maximum Gasteiger partial charge on any atom is 1.00 e. The summed E-state index contributed by atoms with van der Waals surface area (Å²) in [5.41, 5.74) is 11.9. The Hall–Kier alpha value is -0.880. The van der Waals surface area contributed by atoms with E-state index in [2.05, 4.69) is 4.74 Å². The Labute approximate surface area is 199 Å². The summed E-state index contributed by atoms with van der Waals surface area (Å²) in [7, 11) is 1.90. The van der Waals surface area contributed by atoms with Crippen LogP contribution < -0.4 is 46.1 Å². The minimum absolute atomic E-state index is 0. The minimum Gasteiger partial charge on any atom is -0.857 e. The summed E-state index contributed by atoms with van der Waals surface area (Å²) in [5, 5.41) is 16.7. The van der Waals surface area contributed by atoms with Crippen LogP contribution in [0, 0.1) is 11.3 Å². The zero-order chi connectivity index (χ0) is 20.4. The van der Waals surface area contributed by atoms with Crippen molar-refractivity contribution < 1.29 is 44.2 Å². The van der Waals surface area contributed by atoms with Gasteiger partial charge in [-0.2, -0.15) is 12.4 Å². The molecule has 0 aliphatic heterocycles. The topological polar surface area (TPSA) is 125 Å². The predicted molar refractivity (Wildman–Crippen MR) is 104 cm³/mol. The van der Waals surface area contributed by atoms with Crippen LogP contribution in [-0.4, -0.2) is 20.2 Å². The van der Waals surface area contributed by atoms with E-state index in [9.17, 15) is 4.79 Å². The van der Waals surface area contributed by atoms with Gasteiger partial charge >= 0.3 is 35.5 Å². The predicted octanol–water partition coefficient (Wildman–Crippen LogP) is 0.790. The summed E-state index contributed by atoms with van der Waals surface area (Å²) < 4.78 is 4.47. The van der Waals surface area contributed by atoms with Crippen LogP contribution in [0.25, 0.3) is 0 Å². The smallest absolute Gasteiger partial charge is 0.857 e. The van der Waals surface area contributed by atoms with E-state index in [0.29, 0.717) is 0 Å². The summed E-state index contributed by atoms with van der Waals surface area (Å²) in [5.74, 6) is -0.804. The van der Waals surface area contributed by atoms with Crippen LogP contribution >= 0.6 is 46.4 Å². The van der Waals surface area contributed by atoms with Gasteiger partial charge in [-0.25, -0.2) is 4.79 Å². The Balaban J connectivity index is 0. The van der Waals surface area contributed by atoms with Crippen molar-refractivity contribution in [2.45, 2.75) is 0 Å². The Morgan fingerprint density at radius 1 is 0.963 bits per heavy atom. The van der Waals surface area contributed by atoms with Crippen molar-refractivity contribution in [3.63, 3.8) is 0 Å². The van der Waals surface area contributed by atoms with E-state index < -0.39 is 5.97 Å². The standard InChI is InChI=1S/C9H3Cl4NO2.C6H8N2.CH3O.Na/c1-16-9(15)4-3(2-14)5(10)7(12)8(13)6(4)11;7-5-1-2-6(8)4-3-5;1-2;/h1H3;1-4H,7-8H2;1H3;/q;;-1;+1. The van der Waals surface area contributed by atoms with E-state index in [1.54, 1.807) is 30.3 Å². The van der Waals surface area contributed by atoms with Crippen LogP contribution in [0.15, 0.2) is 24.3 Å². The third-order valence-corrected chi connectivity index (χ3v) is 4.51. The normalized spacial score (nSPS) is 8.67. The van der Waals surface area contributed by atoms with E-state index in [4.69, 9.17) is 68.2 Å². The molecule has 2 aromatic carbocycles. The number of rotatable bonds is 1. The van der Waals surface area contributed by atoms with Crippen LogP contribution in [0.5, 0.6) is 0 Å². The molecule has 0 bridgehead atoms. The number of halogens is 4. The first kappa shape index (κ1) is 28.3. The average molecular weight is 461 g/mol. The zero-order valence-electron chi connectivity index (χ0n) is 14.6. The molecule has 2 aromatic rings. The number of hydrogen-bond acceptors (Lipinski definition) is 6. The Kier molecular flexibility index (Phi) is 14.9. The Bertz CT molecular complexity index is 791. The number of nitrogens with zero attached hydrogens (tertiary/aromatic N) is 1. The molecule has 0 fully saturated rings. The number of carbonyl (C=O) groups excluding carboxylic acids is 1. The summed E-state index contributed by atoms with van der Waals surface area (Å²) >= 11 is 23.1. The van der Waals surface area contributed by atoms with Crippen molar-refractivity contribution in [3.8, 4) is 6.07 Å². The quantitative estimate of drug-likeness (QED) is 0.213. The minimum atomic E-state index is -0.804. The number of carbonyl (C=O) groups is 1. The van der Waals surface area contributed by atoms with Gasteiger partial charge in [0.25, 0.3) is 0 Å². The molecule has 0 radical (unpaired) electrons. The molecule has 0 aliphatic rings. The van der Waals surface area contributed by atoms with Gasteiger partial charge in [-0.3, -0.25) is 0 Å². The summed E-state index contributed by atoms with van der Waals surface area (Å²) in [6, 6.07) is 8.82. The molecule has 6 nitrogen and oxygen atoms in total. The van der Waals surface area contributed by atoms with Gasteiger partial charge in [0.15, 0.2) is 0 Å². The van der Waals surface area contributed by atoms with Crippen molar-refractivity contribution in [1.82, 2.24) is 0 Å². The molecule has 0 spiro atoms. The first-order chi connectivity index (χ1) is 12.2. The monoisotopic (exact) mass is 459 g/mol. The second-order valence-corrected chi connectivity index (χ2v) is 5.79. The molecule has 0 heterocycles. The number of methoxy groups -OCH3 is 1. The van der Waals surface area contributed by atoms with Crippen LogP contribution in [0.4, 0.5) is 11.4 Å². The van der Waals surface area contributed by atoms with Gasteiger partial charge in [0.2, 0.25) is 0 Å². The number of nitriles is 1. The average Bonchev–Trinajstić information content (AvgIpc) is 2.66. The van der Waals surface area contributed by atoms with E-state index in [1.807, 2.05) is 0 Å². The molecule has 27 heavy (non-hydrogen) atoms. The fraction of sp³-hybridized carbons (Fsp3) is 0.125. The first-order valence-corrected chi connectivity index (χ1v) is 8.11. The van der Waals surface area contributed by atoms with Crippen LogP contribution in [-0.2, 0) is 4.74 Å². The molecule has 140 valence electrons. The van der Waals surface area contributed by atoms with E-state index in [0.717, 1.165) is 25.6 Å². The van der Waals surface area contributed by atoms with Gasteiger partial charge in [-0.1, -0.05) is 46.4 Å². The van der Waals surface area contributed by atoms with Crippen molar-refractivity contribution in [2.24, 2.45) is 0 Å². The molecule has 0 saturated heterocycles. The number of nitrogen functional groups attached to an aromatic ring is 2. The van der Waals surface area contributed by atoms with Gasteiger partial charge < -0.3 is 21.3 Å². The van der Waals surface area contributed by atoms with Gasteiger partial charge in [0, 0.05) is 11.4 Å². The van der Waals surface area contributed by atoms with Gasteiger partial charge in [-0.15, -0.1) is 0 Å². The molecule has 0 saturated carbocycles. The maximum atomic E-state index is 11.4. The summed E-state index contributed by atoms with van der Waals surface area (Å²) in [6.07, 6.45) is 0. The van der Waals surface area contributed by atoms with E-state index in [1.165, 1.54) is 0 Å². The molecule has 2 rings (SSSR count). The molecule has 0 aromatic heterocycles. The number of anilines is 2. The molecule has 4 N–H and O–H groups in total. The fourth-order valence-electron chi connectivity index (χ4n) is 1.53. The van der Waals surface area contributed by atoms with Crippen molar-refractivity contribution in [3.05, 3.63) is 55.5 Å². The number of ether oxygens (including phenoxy) is 1. The number of esters is 1. The fourth-order valence-corrected chi connectivity index (χ4v) is 2.50. The van der Waals surface area contributed by atoms with Gasteiger partial charge in [0.05, 0.1) is 38.3 Å². The second kappa shape index (κ2) is 14.2. The molecular formula is C16H14Cl4N3NaO3. The SMILES string of the molecule is COC(=O)c1c(Cl)c(Cl)c(Cl)c(Cl)c1C#N.C[O-].Nc1ccc(N)cc1.[Na+]. The van der Waals surface area contributed by atoms with Gasteiger partial charge in [-0.05, 0) is 24.3 Å². The molecular weight excluding hydrogens is 447 g/mol. The number of hydrogen-bond donors (Lipinski definition) is 2. The van der Waals surface area contributed by atoms with Crippen LogP contribution in [0.2, 0.25) is 20.1 Å². The first-order valence-electron chi connectivity index (χ1n) is 6.60. The third-order valence-electron chi connectivity index (χ3n) is 2.70.